The predicted molar refractivity (Wildman–Crippen MR) is 115 cm³/mol. The highest BCUT2D eigenvalue weighted by atomic mass is 19.1. The summed E-state index contributed by atoms with van der Waals surface area (Å²) in [4.78, 5) is 16.7. The van der Waals surface area contributed by atoms with Crippen LogP contribution in [0.2, 0.25) is 0 Å². The van der Waals surface area contributed by atoms with E-state index in [1.165, 1.54) is 12.1 Å². The monoisotopic (exact) mass is 397 g/mol. The number of hydrogen-bond acceptors (Lipinski definition) is 3. The van der Waals surface area contributed by atoms with E-state index in [0.717, 1.165) is 22.4 Å². The highest BCUT2D eigenvalue weighted by molar-refractivity contribution is 5.83. The second-order valence-corrected chi connectivity index (χ2v) is 7.01. The van der Waals surface area contributed by atoms with Gasteiger partial charge in [0.25, 0.3) is 0 Å². The van der Waals surface area contributed by atoms with Crippen molar-refractivity contribution in [2.24, 2.45) is 0 Å². The standard InChI is InChI=1S/C26H20FNO2/c27-22-10-6-19(7-11-22)16-23(29)17-20-8-12-24(13-9-20)30-25-14-15-28-26(18-25)21-4-2-1-3-5-21/h1-15,18H,16-17H2. The first-order valence-electron chi connectivity index (χ1n) is 9.70. The van der Waals surface area contributed by atoms with Crippen molar-refractivity contribution in [1.29, 1.82) is 0 Å². The van der Waals surface area contributed by atoms with E-state index in [4.69, 9.17) is 4.74 Å². The van der Waals surface area contributed by atoms with E-state index in [0.29, 0.717) is 17.9 Å². The van der Waals surface area contributed by atoms with Gasteiger partial charge in [0.2, 0.25) is 0 Å². The maximum absolute atomic E-state index is 13.0. The molecule has 148 valence electrons. The summed E-state index contributed by atoms with van der Waals surface area (Å²) in [5, 5.41) is 0. The minimum absolute atomic E-state index is 0.0805. The van der Waals surface area contributed by atoms with Crippen molar-refractivity contribution < 1.29 is 13.9 Å². The maximum atomic E-state index is 13.0. The van der Waals surface area contributed by atoms with Gasteiger partial charge >= 0.3 is 0 Å². The van der Waals surface area contributed by atoms with E-state index in [9.17, 15) is 9.18 Å². The van der Waals surface area contributed by atoms with Crippen LogP contribution < -0.4 is 4.74 Å². The Morgan fingerprint density at radius 1 is 0.767 bits per heavy atom. The number of ether oxygens (including phenoxy) is 1. The third-order valence-electron chi connectivity index (χ3n) is 4.68. The third kappa shape index (κ3) is 5.17. The van der Waals surface area contributed by atoms with Crippen molar-refractivity contribution in [2.75, 3.05) is 0 Å². The van der Waals surface area contributed by atoms with Gasteiger partial charge in [0.05, 0.1) is 5.69 Å². The normalized spacial score (nSPS) is 10.6. The van der Waals surface area contributed by atoms with E-state index >= 15 is 0 Å². The molecule has 0 aliphatic heterocycles. The Balaban J connectivity index is 1.38. The highest BCUT2D eigenvalue weighted by Gasteiger charge is 2.07. The van der Waals surface area contributed by atoms with Gasteiger partial charge in [-0.05, 0) is 41.5 Å². The Kier molecular flexibility index (Phi) is 5.95. The van der Waals surface area contributed by atoms with Crippen molar-refractivity contribution in [2.45, 2.75) is 12.8 Å². The second-order valence-electron chi connectivity index (χ2n) is 7.01. The fraction of sp³-hybridized carbons (Fsp3) is 0.0769. The Bertz CT molecular complexity index is 1120. The average Bonchev–Trinajstić information content (AvgIpc) is 2.77. The molecule has 3 aromatic carbocycles. The first-order valence-corrected chi connectivity index (χ1v) is 9.70. The molecule has 4 heteroatoms. The Morgan fingerprint density at radius 3 is 2.07 bits per heavy atom. The van der Waals surface area contributed by atoms with Crippen molar-refractivity contribution in [1.82, 2.24) is 4.98 Å². The molecule has 0 amide bonds. The van der Waals surface area contributed by atoms with Crippen LogP contribution in [0, 0.1) is 5.82 Å². The summed E-state index contributed by atoms with van der Waals surface area (Å²) in [7, 11) is 0. The molecule has 1 aromatic heterocycles. The molecule has 0 atom stereocenters. The van der Waals surface area contributed by atoms with E-state index in [1.54, 1.807) is 18.3 Å². The third-order valence-corrected chi connectivity index (χ3v) is 4.68. The summed E-state index contributed by atoms with van der Waals surface area (Å²) in [5.74, 6) is 1.17. The molecule has 0 spiro atoms. The Hall–Kier alpha value is -3.79. The second kappa shape index (κ2) is 9.14. The van der Waals surface area contributed by atoms with Gasteiger partial charge < -0.3 is 4.74 Å². The molecule has 0 N–H and O–H groups in total. The van der Waals surface area contributed by atoms with Crippen LogP contribution in [0.15, 0.2) is 97.2 Å². The van der Waals surface area contributed by atoms with Gasteiger partial charge in [0.15, 0.2) is 0 Å². The van der Waals surface area contributed by atoms with E-state index in [1.807, 2.05) is 66.7 Å². The number of pyridine rings is 1. The van der Waals surface area contributed by atoms with Crippen LogP contribution in [0.1, 0.15) is 11.1 Å². The first kappa shape index (κ1) is 19.5. The van der Waals surface area contributed by atoms with Crippen LogP contribution in [-0.2, 0) is 17.6 Å². The van der Waals surface area contributed by atoms with Crippen LogP contribution >= 0.6 is 0 Å². The molecule has 0 radical (unpaired) electrons. The number of rotatable bonds is 7. The predicted octanol–water partition coefficient (Wildman–Crippen LogP) is 6.03. The SMILES string of the molecule is O=C(Cc1ccc(F)cc1)Cc1ccc(Oc2ccnc(-c3ccccc3)c2)cc1. The van der Waals surface area contributed by atoms with Crippen molar-refractivity contribution in [3.8, 4) is 22.8 Å². The van der Waals surface area contributed by atoms with Gasteiger partial charge in [0, 0.05) is 30.7 Å². The molecule has 1 heterocycles. The summed E-state index contributed by atoms with van der Waals surface area (Å²) >= 11 is 0. The van der Waals surface area contributed by atoms with Gasteiger partial charge in [-0.25, -0.2) is 4.39 Å². The van der Waals surface area contributed by atoms with Gasteiger partial charge in [-0.1, -0.05) is 54.6 Å². The van der Waals surface area contributed by atoms with Gasteiger partial charge in [0.1, 0.15) is 23.1 Å². The smallest absolute Gasteiger partial charge is 0.141 e. The topological polar surface area (TPSA) is 39.2 Å². The number of aromatic nitrogens is 1. The summed E-state index contributed by atoms with van der Waals surface area (Å²) in [6.45, 7) is 0. The number of carbonyl (C=O) groups excluding carboxylic acids is 1. The van der Waals surface area contributed by atoms with Gasteiger partial charge in [-0.2, -0.15) is 0 Å². The molecule has 0 fully saturated rings. The number of carbonyl (C=O) groups is 1. The number of hydrogen-bond donors (Lipinski definition) is 0. The molecule has 30 heavy (non-hydrogen) atoms. The van der Waals surface area contributed by atoms with Crippen LogP contribution in [0.4, 0.5) is 4.39 Å². The zero-order chi connectivity index (χ0) is 20.8. The summed E-state index contributed by atoms with van der Waals surface area (Å²) in [6, 6.07) is 27.1. The molecule has 4 aromatic rings. The molecular formula is C26H20FNO2. The molecule has 4 rings (SSSR count). The van der Waals surface area contributed by atoms with Crippen molar-refractivity contribution >= 4 is 5.78 Å². The zero-order valence-electron chi connectivity index (χ0n) is 16.3. The Morgan fingerprint density at radius 2 is 1.40 bits per heavy atom. The molecule has 0 bridgehead atoms. The number of halogens is 1. The highest BCUT2D eigenvalue weighted by Crippen LogP contribution is 2.26. The number of benzene rings is 3. The zero-order valence-corrected chi connectivity index (χ0v) is 16.3. The largest absolute Gasteiger partial charge is 0.457 e. The molecular weight excluding hydrogens is 377 g/mol. The quantitative estimate of drug-likeness (QED) is 0.382. The summed E-state index contributed by atoms with van der Waals surface area (Å²) in [5.41, 5.74) is 3.59. The number of nitrogens with zero attached hydrogens (tertiary/aromatic N) is 1. The van der Waals surface area contributed by atoms with Crippen LogP contribution in [0.5, 0.6) is 11.5 Å². The van der Waals surface area contributed by atoms with E-state index in [2.05, 4.69) is 4.98 Å². The van der Waals surface area contributed by atoms with Gasteiger partial charge in [-0.15, -0.1) is 0 Å². The Labute approximate surface area is 174 Å². The lowest BCUT2D eigenvalue weighted by molar-refractivity contribution is -0.117. The van der Waals surface area contributed by atoms with Crippen LogP contribution in [-0.4, -0.2) is 10.8 Å². The van der Waals surface area contributed by atoms with Crippen LogP contribution in [0.25, 0.3) is 11.3 Å². The van der Waals surface area contributed by atoms with E-state index in [-0.39, 0.29) is 18.0 Å². The molecule has 3 nitrogen and oxygen atoms in total. The molecule has 0 aliphatic carbocycles. The molecule has 0 unspecified atom stereocenters. The molecule has 0 saturated heterocycles. The number of Topliss-reactive ketones (excluding diaryl/α,β-unsaturated/α-hetero) is 1. The lowest BCUT2D eigenvalue weighted by atomic mass is 10.0. The lowest BCUT2D eigenvalue weighted by Crippen LogP contribution is -2.06. The minimum Gasteiger partial charge on any atom is -0.457 e. The van der Waals surface area contributed by atoms with Crippen molar-refractivity contribution in [3.05, 3.63) is 114 Å². The fourth-order valence-electron chi connectivity index (χ4n) is 3.17. The summed E-state index contributed by atoms with van der Waals surface area (Å²) < 4.78 is 18.9. The van der Waals surface area contributed by atoms with Crippen molar-refractivity contribution in [3.63, 3.8) is 0 Å². The molecule has 0 saturated carbocycles. The first-order chi connectivity index (χ1) is 14.7. The minimum atomic E-state index is -0.299. The van der Waals surface area contributed by atoms with Crippen LogP contribution in [0.3, 0.4) is 0 Å². The maximum Gasteiger partial charge on any atom is 0.141 e. The number of ketones is 1. The lowest BCUT2D eigenvalue weighted by Gasteiger charge is -2.08. The fourth-order valence-corrected chi connectivity index (χ4v) is 3.17. The van der Waals surface area contributed by atoms with Gasteiger partial charge in [-0.3, -0.25) is 9.78 Å². The average molecular weight is 397 g/mol. The molecule has 0 aliphatic rings. The van der Waals surface area contributed by atoms with E-state index < -0.39 is 0 Å². The summed E-state index contributed by atoms with van der Waals surface area (Å²) in [6.07, 6.45) is 2.34.